The molecule has 1 saturated heterocycles. The normalized spacial score (nSPS) is 18.5. The van der Waals surface area contributed by atoms with E-state index in [1.54, 1.807) is 23.2 Å². The number of aromatic nitrogens is 4. The van der Waals surface area contributed by atoms with E-state index in [9.17, 15) is 13.2 Å². The van der Waals surface area contributed by atoms with Gasteiger partial charge >= 0.3 is 0 Å². The fourth-order valence-electron chi connectivity index (χ4n) is 2.79. The summed E-state index contributed by atoms with van der Waals surface area (Å²) in [5, 5.41) is 4.02. The van der Waals surface area contributed by atoms with Crippen LogP contribution in [0, 0.1) is 0 Å². The van der Waals surface area contributed by atoms with Gasteiger partial charge in [0.05, 0.1) is 11.8 Å². The first-order valence-corrected chi connectivity index (χ1v) is 9.40. The minimum atomic E-state index is -3.30. The van der Waals surface area contributed by atoms with E-state index in [4.69, 9.17) is 0 Å². The second-order valence-corrected chi connectivity index (χ2v) is 7.47. The van der Waals surface area contributed by atoms with Crippen LogP contribution in [0.5, 0.6) is 0 Å². The second kappa shape index (κ2) is 6.65. The molecule has 128 valence electrons. The van der Waals surface area contributed by atoms with Crippen LogP contribution in [0.1, 0.15) is 23.2 Å². The van der Waals surface area contributed by atoms with Gasteiger partial charge in [0, 0.05) is 25.3 Å². The minimum absolute atomic E-state index is 0.200. The lowest BCUT2D eigenvalue weighted by Gasteiger charge is -2.33. The van der Waals surface area contributed by atoms with E-state index in [2.05, 4.69) is 19.8 Å². The predicted octanol–water partition coefficient (Wildman–Crippen LogP) is -0.184. The lowest BCUT2D eigenvalue weighted by atomic mass is 10.1. The maximum absolute atomic E-state index is 12.9. The van der Waals surface area contributed by atoms with E-state index in [1.807, 2.05) is 0 Å². The average molecular weight is 350 g/mol. The number of likely N-dealkylation sites (tertiary alicyclic amines) is 1. The molecule has 3 heterocycles. The smallest absolute Gasteiger partial charge is 0.257 e. The number of nitrogens with zero attached hydrogens (tertiary/aromatic N) is 5. The molecule has 0 bridgehead atoms. The average Bonchev–Trinajstić information content (AvgIpc) is 3.07. The molecule has 2 aromatic heterocycles. The highest BCUT2D eigenvalue weighted by molar-refractivity contribution is 7.88. The van der Waals surface area contributed by atoms with Gasteiger partial charge in [-0.1, -0.05) is 0 Å². The molecule has 24 heavy (non-hydrogen) atoms. The van der Waals surface area contributed by atoms with Crippen molar-refractivity contribution in [3.05, 3.63) is 36.5 Å². The van der Waals surface area contributed by atoms with Crippen LogP contribution in [0.25, 0.3) is 5.82 Å². The SMILES string of the molecule is CS(=O)(=O)N[C@H]1CCCN(C(=O)c2cccnc2-n2cncn2)C1. The Bertz CT molecular complexity index is 821. The Morgan fingerprint density at radius 1 is 1.42 bits per heavy atom. The fraction of sp³-hybridized carbons (Fsp3) is 0.429. The highest BCUT2D eigenvalue weighted by Gasteiger charge is 2.28. The number of amides is 1. The summed E-state index contributed by atoms with van der Waals surface area (Å²) in [6.45, 7) is 0.907. The molecule has 1 atom stereocenters. The number of nitrogens with one attached hydrogen (secondary N) is 1. The van der Waals surface area contributed by atoms with Gasteiger partial charge in [-0.3, -0.25) is 4.79 Å². The summed E-state index contributed by atoms with van der Waals surface area (Å²) in [6, 6.07) is 3.09. The molecule has 0 spiro atoms. The fourth-order valence-corrected chi connectivity index (χ4v) is 3.59. The van der Waals surface area contributed by atoms with Gasteiger partial charge in [0.1, 0.15) is 12.7 Å². The maximum atomic E-state index is 12.9. The van der Waals surface area contributed by atoms with Gasteiger partial charge < -0.3 is 4.90 Å². The van der Waals surface area contributed by atoms with Gasteiger partial charge in [-0.2, -0.15) is 5.10 Å². The molecule has 1 aliphatic rings. The summed E-state index contributed by atoms with van der Waals surface area (Å²) < 4.78 is 26.8. The number of carbonyl (C=O) groups is 1. The molecule has 1 fully saturated rings. The first kappa shape index (κ1) is 16.5. The van der Waals surface area contributed by atoms with Gasteiger partial charge in [0.15, 0.2) is 5.82 Å². The van der Waals surface area contributed by atoms with Gasteiger partial charge in [0.25, 0.3) is 5.91 Å². The van der Waals surface area contributed by atoms with Crippen LogP contribution in [0.2, 0.25) is 0 Å². The van der Waals surface area contributed by atoms with Crippen molar-refractivity contribution in [2.24, 2.45) is 0 Å². The van der Waals surface area contributed by atoms with E-state index in [1.165, 1.54) is 17.3 Å². The van der Waals surface area contributed by atoms with E-state index >= 15 is 0 Å². The van der Waals surface area contributed by atoms with E-state index in [-0.39, 0.29) is 11.9 Å². The maximum Gasteiger partial charge on any atom is 0.257 e. The van der Waals surface area contributed by atoms with Crippen LogP contribution in [-0.4, -0.2) is 64.4 Å². The van der Waals surface area contributed by atoms with E-state index in [0.29, 0.717) is 30.9 Å². The topological polar surface area (TPSA) is 110 Å². The predicted molar refractivity (Wildman–Crippen MR) is 86.1 cm³/mol. The van der Waals surface area contributed by atoms with Crippen molar-refractivity contribution in [1.82, 2.24) is 29.4 Å². The summed E-state index contributed by atoms with van der Waals surface area (Å²) in [6.07, 6.45) is 6.99. The van der Waals surface area contributed by atoms with Crippen molar-refractivity contribution in [3.8, 4) is 5.82 Å². The highest BCUT2D eigenvalue weighted by atomic mass is 32.2. The first-order chi connectivity index (χ1) is 11.4. The van der Waals surface area contributed by atoms with Crippen molar-refractivity contribution in [3.63, 3.8) is 0 Å². The molecule has 3 rings (SSSR count). The molecular formula is C14H18N6O3S. The zero-order valence-corrected chi connectivity index (χ0v) is 14.0. The Labute approximate surface area is 139 Å². The quantitative estimate of drug-likeness (QED) is 0.819. The number of pyridine rings is 1. The molecule has 0 aromatic carbocycles. The lowest BCUT2D eigenvalue weighted by molar-refractivity contribution is 0.0702. The van der Waals surface area contributed by atoms with Gasteiger partial charge in [-0.05, 0) is 25.0 Å². The van der Waals surface area contributed by atoms with Crippen molar-refractivity contribution >= 4 is 15.9 Å². The largest absolute Gasteiger partial charge is 0.337 e. The van der Waals surface area contributed by atoms with Gasteiger partial charge in [-0.25, -0.2) is 27.8 Å². The third-order valence-electron chi connectivity index (χ3n) is 3.74. The Kier molecular flexibility index (Phi) is 4.58. The molecule has 0 unspecified atom stereocenters. The second-order valence-electron chi connectivity index (χ2n) is 5.69. The van der Waals surface area contributed by atoms with Crippen LogP contribution < -0.4 is 4.72 Å². The number of sulfonamides is 1. The van der Waals surface area contributed by atoms with Crippen molar-refractivity contribution in [2.75, 3.05) is 19.3 Å². The molecule has 9 nitrogen and oxygen atoms in total. The molecule has 1 amide bonds. The van der Waals surface area contributed by atoms with Crippen LogP contribution in [0.3, 0.4) is 0 Å². The zero-order valence-electron chi connectivity index (χ0n) is 13.2. The number of carbonyl (C=O) groups excluding carboxylic acids is 1. The van der Waals surface area contributed by atoms with Gasteiger partial charge in [0.2, 0.25) is 10.0 Å². The Hall–Kier alpha value is -2.33. The first-order valence-electron chi connectivity index (χ1n) is 7.50. The van der Waals surface area contributed by atoms with Crippen molar-refractivity contribution in [2.45, 2.75) is 18.9 Å². The van der Waals surface area contributed by atoms with Crippen LogP contribution in [-0.2, 0) is 10.0 Å². The molecule has 0 radical (unpaired) electrons. The summed E-state index contributed by atoms with van der Waals surface area (Å²) in [5.74, 6) is 0.201. The number of rotatable bonds is 4. The Morgan fingerprint density at radius 3 is 2.96 bits per heavy atom. The Balaban J connectivity index is 1.82. The monoisotopic (exact) mass is 350 g/mol. The van der Waals surface area contributed by atoms with Crippen molar-refractivity contribution < 1.29 is 13.2 Å². The molecule has 0 saturated carbocycles. The van der Waals surface area contributed by atoms with Crippen molar-refractivity contribution in [1.29, 1.82) is 0 Å². The Morgan fingerprint density at radius 2 is 2.25 bits per heavy atom. The molecule has 1 N–H and O–H groups in total. The summed E-state index contributed by atoms with van der Waals surface area (Å²) >= 11 is 0. The van der Waals surface area contributed by atoms with Crippen LogP contribution >= 0.6 is 0 Å². The van der Waals surface area contributed by atoms with Gasteiger partial charge in [-0.15, -0.1) is 0 Å². The lowest BCUT2D eigenvalue weighted by Crippen LogP contribution is -2.49. The number of piperidine rings is 1. The molecular weight excluding hydrogens is 332 g/mol. The molecule has 0 aliphatic carbocycles. The number of hydrogen-bond donors (Lipinski definition) is 1. The summed E-state index contributed by atoms with van der Waals surface area (Å²) in [7, 11) is -3.30. The molecule has 1 aliphatic heterocycles. The van der Waals surface area contributed by atoms with E-state index in [0.717, 1.165) is 12.7 Å². The van der Waals surface area contributed by atoms with Crippen LogP contribution in [0.15, 0.2) is 31.0 Å². The summed E-state index contributed by atoms with van der Waals surface area (Å²) in [5.41, 5.74) is 0.406. The van der Waals surface area contributed by atoms with E-state index < -0.39 is 10.0 Å². The minimum Gasteiger partial charge on any atom is -0.337 e. The number of hydrogen-bond acceptors (Lipinski definition) is 6. The standard InChI is InChI=1S/C14H18N6O3S/c1-24(22,23)18-11-4-3-7-19(8-11)14(21)12-5-2-6-16-13(12)20-10-15-9-17-20/h2,5-6,9-11,18H,3-4,7-8H2,1H3/t11-/m0/s1. The highest BCUT2D eigenvalue weighted by Crippen LogP contribution is 2.17. The molecule has 10 heteroatoms. The third kappa shape index (κ3) is 3.77. The van der Waals surface area contributed by atoms with Crippen LogP contribution in [0.4, 0.5) is 0 Å². The summed E-state index contributed by atoms with van der Waals surface area (Å²) in [4.78, 5) is 22.6. The zero-order chi connectivity index (χ0) is 17.2. The molecule has 2 aromatic rings. The third-order valence-corrected chi connectivity index (χ3v) is 4.50.